The second kappa shape index (κ2) is 7.36. The second-order valence-electron chi connectivity index (χ2n) is 6.77. The highest BCUT2D eigenvalue weighted by atomic mass is 16.5. The van der Waals surface area contributed by atoms with Gasteiger partial charge in [0, 0.05) is 13.3 Å². The van der Waals surface area contributed by atoms with Crippen molar-refractivity contribution in [2.45, 2.75) is 38.0 Å². The van der Waals surface area contributed by atoms with E-state index in [1.165, 1.54) is 6.92 Å². The average molecular weight is 366 g/mol. The molecule has 7 heteroatoms. The van der Waals surface area contributed by atoms with E-state index in [1.54, 1.807) is 10.0 Å². The largest absolute Gasteiger partial charge is 0.463 e. The number of fused-ring (bicyclic) bond motifs is 1. The van der Waals surface area contributed by atoms with E-state index in [4.69, 9.17) is 4.74 Å². The van der Waals surface area contributed by atoms with Gasteiger partial charge in [0.2, 0.25) is 5.91 Å². The Hall–Kier alpha value is -2.93. The van der Waals surface area contributed by atoms with Crippen LogP contribution in [-0.2, 0) is 14.3 Å². The lowest BCUT2D eigenvalue weighted by molar-refractivity contribution is -0.148. The number of allylic oxidation sites excluding steroid dienone is 2. The van der Waals surface area contributed by atoms with Gasteiger partial charge in [-0.2, -0.15) is 5.10 Å². The van der Waals surface area contributed by atoms with Crippen LogP contribution in [0.1, 0.15) is 31.4 Å². The van der Waals surface area contributed by atoms with Gasteiger partial charge in [-0.25, -0.2) is 10.5 Å². The van der Waals surface area contributed by atoms with Crippen molar-refractivity contribution in [2.75, 3.05) is 6.61 Å². The van der Waals surface area contributed by atoms with Crippen molar-refractivity contribution < 1.29 is 14.3 Å². The van der Waals surface area contributed by atoms with Crippen LogP contribution in [0.3, 0.4) is 0 Å². The van der Waals surface area contributed by atoms with Gasteiger partial charge in [-0.05, 0) is 18.1 Å². The molecule has 0 aromatic heterocycles. The van der Waals surface area contributed by atoms with Crippen LogP contribution < -0.4 is 5.43 Å². The Kier molecular flexibility index (Phi) is 4.77. The molecule has 1 amide bonds. The normalized spacial score (nSPS) is 24.8. The molecule has 0 radical (unpaired) electrons. The number of likely N-dealkylation sites (tertiary alicyclic amines) is 1. The number of rotatable bonds is 5. The van der Waals surface area contributed by atoms with Crippen LogP contribution in [0.5, 0.6) is 0 Å². The molecule has 1 aliphatic carbocycles. The molecule has 27 heavy (non-hydrogen) atoms. The number of hydrazine groups is 1. The van der Waals surface area contributed by atoms with Crippen molar-refractivity contribution in [3.63, 3.8) is 0 Å². The van der Waals surface area contributed by atoms with Crippen molar-refractivity contribution in [3.8, 4) is 0 Å². The van der Waals surface area contributed by atoms with Crippen LogP contribution in [0.25, 0.3) is 0 Å². The predicted molar refractivity (Wildman–Crippen MR) is 100 cm³/mol. The molecule has 2 aliphatic heterocycles. The van der Waals surface area contributed by atoms with Crippen LogP contribution in [0.15, 0.2) is 59.7 Å². The van der Waals surface area contributed by atoms with E-state index in [0.29, 0.717) is 12.8 Å². The standard InChI is InChI=1S/C20H22N4O3/c1-14(25)27-13-18(15-7-3-2-4-8-15)23-19(11-12-20(23)26)24-21-16-9-5-6-10-17(16)22-24/h2-10,16,18-19,21H,11-13H2,1H3/t16?,18-,19?/m1/s1. The number of hydrazone groups is 1. The number of carbonyl (C=O) groups is 2. The lowest BCUT2D eigenvalue weighted by atomic mass is 10.1. The minimum absolute atomic E-state index is 0.0243. The lowest BCUT2D eigenvalue weighted by Crippen LogP contribution is -2.51. The van der Waals surface area contributed by atoms with Crippen LogP contribution in [-0.4, -0.2) is 46.4 Å². The third kappa shape index (κ3) is 3.50. The van der Waals surface area contributed by atoms with E-state index >= 15 is 0 Å². The van der Waals surface area contributed by atoms with Gasteiger partial charge >= 0.3 is 5.97 Å². The molecule has 2 unspecified atom stereocenters. The van der Waals surface area contributed by atoms with Gasteiger partial charge in [-0.3, -0.25) is 9.59 Å². The summed E-state index contributed by atoms with van der Waals surface area (Å²) in [4.78, 5) is 26.0. The third-order valence-electron chi connectivity index (χ3n) is 4.97. The highest BCUT2D eigenvalue weighted by Crippen LogP contribution is 2.33. The van der Waals surface area contributed by atoms with E-state index in [-0.39, 0.29) is 36.7 Å². The number of nitrogens with zero attached hydrogens (tertiary/aromatic N) is 3. The van der Waals surface area contributed by atoms with Gasteiger partial charge in [0.15, 0.2) is 0 Å². The molecule has 2 heterocycles. The maximum absolute atomic E-state index is 12.8. The summed E-state index contributed by atoms with van der Waals surface area (Å²) in [7, 11) is 0. The van der Waals surface area contributed by atoms with E-state index in [2.05, 4.69) is 10.5 Å². The first-order valence-electron chi connectivity index (χ1n) is 9.12. The fourth-order valence-electron chi connectivity index (χ4n) is 3.70. The molecule has 1 saturated heterocycles. The average Bonchev–Trinajstić information content (AvgIpc) is 3.26. The Balaban J connectivity index is 1.62. The van der Waals surface area contributed by atoms with Crippen LogP contribution in [0.4, 0.5) is 0 Å². The molecule has 3 aliphatic rings. The van der Waals surface area contributed by atoms with Gasteiger partial charge in [-0.1, -0.05) is 48.6 Å². The number of hydrogen-bond donors (Lipinski definition) is 1. The molecule has 1 aromatic carbocycles. The Morgan fingerprint density at radius 2 is 2.15 bits per heavy atom. The Morgan fingerprint density at radius 3 is 2.89 bits per heavy atom. The first kappa shape index (κ1) is 17.5. The fraction of sp³-hybridized carbons (Fsp3) is 0.350. The van der Waals surface area contributed by atoms with Crippen molar-refractivity contribution in [3.05, 3.63) is 60.2 Å². The van der Waals surface area contributed by atoms with Gasteiger partial charge in [0.1, 0.15) is 12.8 Å². The van der Waals surface area contributed by atoms with E-state index in [0.717, 1.165) is 11.3 Å². The molecule has 0 saturated carbocycles. The molecule has 1 N–H and O–H groups in total. The quantitative estimate of drug-likeness (QED) is 0.806. The summed E-state index contributed by atoms with van der Waals surface area (Å²) in [6, 6.07) is 9.33. The lowest BCUT2D eigenvalue weighted by Gasteiger charge is -2.36. The summed E-state index contributed by atoms with van der Waals surface area (Å²) in [6.07, 6.45) is 8.79. The minimum Gasteiger partial charge on any atom is -0.463 e. The first-order valence-corrected chi connectivity index (χ1v) is 9.12. The van der Waals surface area contributed by atoms with Crippen LogP contribution in [0, 0.1) is 0 Å². The van der Waals surface area contributed by atoms with Crippen molar-refractivity contribution in [1.82, 2.24) is 15.4 Å². The molecule has 0 spiro atoms. The maximum Gasteiger partial charge on any atom is 0.302 e. The number of hydrogen-bond acceptors (Lipinski definition) is 6. The van der Waals surface area contributed by atoms with Gasteiger partial charge in [0.25, 0.3) is 0 Å². The summed E-state index contributed by atoms with van der Waals surface area (Å²) < 4.78 is 5.29. The highest BCUT2D eigenvalue weighted by Gasteiger charge is 2.43. The topological polar surface area (TPSA) is 74.2 Å². The number of nitrogens with one attached hydrogen (secondary N) is 1. The molecule has 7 nitrogen and oxygen atoms in total. The summed E-state index contributed by atoms with van der Waals surface area (Å²) in [5.74, 6) is -0.330. The van der Waals surface area contributed by atoms with E-state index < -0.39 is 0 Å². The SMILES string of the molecule is CC(=O)OC[C@H](c1ccccc1)N1C(=O)CCC1N1N=C2C=CC=CC2N1. The minimum atomic E-state index is -0.361. The smallest absolute Gasteiger partial charge is 0.302 e. The highest BCUT2D eigenvalue weighted by molar-refractivity contribution is 6.02. The number of ether oxygens (including phenoxy) is 1. The Labute approximate surface area is 157 Å². The number of esters is 1. The van der Waals surface area contributed by atoms with Crippen LogP contribution >= 0.6 is 0 Å². The fourth-order valence-corrected chi connectivity index (χ4v) is 3.70. The van der Waals surface area contributed by atoms with Crippen LogP contribution in [0.2, 0.25) is 0 Å². The molecule has 1 fully saturated rings. The molecular weight excluding hydrogens is 344 g/mol. The molecule has 1 aromatic rings. The van der Waals surface area contributed by atoms with Gasteiger partial charge < -0.3 is 9.64 Å². The third-order valence-corrected chi connectivity index (χ3v) is 4.97. The second-order valence-corrected chi connectivity index (χ2v) is 6.77. The zero-order valence-corrected chi connectivity index (χ0v) is 15.1. The van der Waals surface area contributed by atoms with Gasteiger partial charge in [0.05, 0.1) is 17.8 Å². The number of carbonyl (C=O) groups excluding carboxylic acids is 2. The van der Waals surface area contributed by atoms with Crippen molar-refractivity contribution in [2.24, 2.45) is 5.10 Å². The number of benzene rings is 1. The Bertz CT molecular complexity index is 818. The predicted octanol–water partition coefficient (Wildman–Crippen LogP) is 1.91. The summed E-state index contributed by atoms with van der Waals surface area (Å²) in [5.41, 5.74) is 5.20. The molecule has 3 atom stereocenters. The zero-order valence-electron chi connectivity index (χ0n) is 15.1. The molecular formula is C20H22N4O3. The monoisotopic (exact) mass is 366 g/mol. The van der Waals surface area contributed by atoms with Gasteiger partial charge in [-0.15, -0.1) is 0 Å². The molecule has 4 rings (SSSR count). The summed E-state index contributed by atoms with van der Waals surface area (Å²) in [5, 5.41) is 6.42. The van der Waals surface area contributed by atoms with Crippen molar-refractivity contribution in [1.29, 1.82) is 0 Å². The first-order chi connectivity index (χ1) is 13.1. The van der Waals surface area contributed by atoms with Crippen molar-refractivity contribution >= 4 is 17.6 Å². The molecule has 0 bridgehead atoms. The summed E-state index contributed by atoms with van der Waals surface area (Å²) >= 11 is 0. The Morgan fingerprint density at radius 1 is 1.33 bits per heavy atom. The maximum atomic E-state index is 12.8. The summed E-state index contributed by atoms with van der Waals surface area (Å²) in [6.45, 7) is 1.50. The van der Waals surface area contributed by atoms with E-state index in [9.17, 15) is 9.59 Å². The van der Waals surface area contributed by atoms with E-state index in [1.807, 2.05) is 54.6 Å². The zero-order chi connectivity index (χ0) is 18.8. The molecule has 140 valence electrons. The number of amides is 1.